The molecule has 1 aliphatic carbocycles. The fourth-order valence-electron chi connectivity index (χ4n) is 4.97. The highest BCUT2D eigenvalue weighted by molar-refractivity contribution is 6.05. The van der Waals surface area contributed by atoms with Crippen LogP contribution in [0.1, 0.15) is 49.8 Å². The molecule has 2 aromatic rings. The largest absolute Gasteiger partial charge is 0.459 e. The second-order valence-corrected chi connectivity index (χ2v) is 8.98. The predicted octanol–water partition coefficient (Wildman–Crippen LogP) is 3.58. The summed E-state index contributed by atoms with van der Waals surface area (Å²) in [6.45, 7) is 17.4. The second-order valence-electron chi connectivity index (χ2n) is 8.98. The van der Waals surface area contributed by atoms with Gasteiger partial charge in [-0.15, -0.1) is 0 Å². The molecule has 0 spiro atoms. The number of amides is 1. The Hall–Kier alpha value is -3.06. The van der Waals surface area contributed by atoms with Crippen LogP contribution in [0.25, 0.3) is 10.5 Å². The van der Waals surface area contributed by atoms with E-state index in [0.717, 1.165) is 12.8 Å². The van der Waals surface area contributed by atoms with Gasteiger partial charge < -0.3 is 19.1 Å². The molecule has 2 fully saturated rings. The van der Waals surface area contributed by atoms with Crippen molar-refractivity contribution in [3.63, 3.8) is 0 Å². The third-order valence-electron chi connectivity index (χ3n) is 6.31. The maximum atomic E-state index is 13.3. The van der Waals surface area contributed by atoms with Gasteiger partial charge in [-0.3, -0.25) is 5.10 Å². The highest BCUT2D eigenvalue weighted by Crippen LogP contribution is 2.40. The Morgan fingerprint density at radius 1 is 1.19 bits per heavy atom. The number of aromatic amines is 1. The molecule has 32 heavy (non-hydrogen) atoms. The Balaban J connectivity index is 1.66. The minimum atomic E-state index is -0.619. The Morgan fingerprint density at radius 3 is 2.47 bits per heavy atom. The van der Waals surface area contributed by atoms with Crippen LogP contribution < -0.4 is 4.74 Å². The fraction of sp³-hybridized carbons (Fsp3) is 0.636. The number of hydrogen-bond acceptors (Lipinski definition) is 6. The normalized spacial score (nSPS) is 26.0. The number of nitrogens with one attached hydrogen (secondary N) is 1. The van der Waals surface area contributed by atoms with Gasteiger partial charge in [-0.2, -0.15) is 0 Å². The summed E-state index contributed by atoms with van der Waals surface area (Å²) in [6.07, 6.45) is 1.11. The van der Waals surface area contributed by atoms with Crippen molar-refractivity contribution in [2.75, 3.05) is 26.3 Å². The molecule has 3 heterocycles. The van der Waals surface area contributed by atoms with Crippen molar-refractivity contribution in [3.05, 3.63) is 22.8 Å². The average Bonchev–Trinajstić information content (AvgIpc) is 3.26. The van der Waals surface area contributed by atoms with E-state index in [1.807, 2.05) is 0 Å². The first kappa shape index (κ1) is 22.1. The van der Waals surface area contributed by atoms with E-state index in [4.69, 9.17) is 20.8 Å². The molecular formula is C22H29N5O5. The van der Waals surface area contributed by atoms with Gasteiger partial charge in [0.15, 0.2) is 5.65 Å². The van der Waals surface area contributed by atoms with Crippen LogP contribution in [0.15, 0.2) is 0 Å². The van der Waals surface area contributed by atoms with Crippen molar-refractivity contribution in [2.24, 2.45) is 17.8 Å². The molecule has 172 valence electrons. The monoisotopic (exact) mass is 443 g/mol. The van der Waals surface area contributed by atoms with Crippen LogP contribution in [0.4, 0.5) is 10.5 Å². The molecule has 1 aliphatic heterocycles. The second kappa shape index (κ2) is 8.82. The molecule has 2 aliphatic rings. The molecule has 10 heteroatoms. The van der Waals surface area contributed by atoms with Crippen molar-refractivity contribution in [3.8, 4) is 5.88 Å². The molecule has 0 bridgehead atoms. The van der Waals surface area contributed by atoms with Gasteiger partial charge in [-0.05, 0) is 37.5 Å². The zero-order valence-electron chi connectivity index (χ0n) is 18.9. The predicted molar refractivity (Wildman–Crippen MR) is 115 cm³/mol. The number of aromatic nitrogens is 3. The Bertz CT molecular complexity index is 1050. The lowest BCUT2D eigenvalue weighted by atomic mass is 9.75. The zero-order valence-corrected chi connectivity index (χ0v) is 18.9. The van der Waals surface area contributed by atoms with Crippen molar-refractivity contribution >= 4 is 23.4 Å². The zero-order chi connectivity index (χ0) is 23.0. The Kier molecular flexibility index (Phi) is 6.11. The summed E-state index contributed by atoms with van der Waals surface area (Å²) in [5, 5.41) is 2.95. The van der Waals surface area contributed by atoms with Gasteiger partial charge in [-0.25, -0.2) is 23.9 Å². The molecule has 0 aromatic carbocycles. The molecule has 2 aromatic heterocycles. The molecule has 0 radical (unpaired) electrons. The summed E-state index contributed by atoms with van der Waals surface area (Å²) < 4.78 is 18.1. The minimum absolute atomic E-state index is 0.0205. The average molecular weight is 444 g/mol. The fourth-order valence-corrected chi connectivity index (χ4v) is 4.97. The minimum Gasteiger partial charge on any atom is -0.459 e. The van der Waals surface area contributed by atoms with E-state index in [2.05, 4.69) is 35.7 Å². The number of morpholine rings is 1. The molecule has 2 unspecified atom stereocenters. The number of aryl methyl sites for hydroxylation is 1. The summed E-state index contributed by atoms with van der Waals surface area (Å²) in [6, 6.07) is 0. The number of esters is 1. The van der Waals surface area contributed by atoms with Crippen LogP contribution in [0.5, 0.6) is 5.88 Å². The van der Waals surface area contributed by atoms with E-state index < -0.39 is 12.1 Å². The Labute approximate surface area is 186 Å². The first-order chi connectivity index (χ1) is 15.3. The maximum absolute atomic E-state index is 13.3. The van der Waals surface area contributed by atoms with Crippen LogP contribution in [0.3, 0.4) is 0 Å². The Morgan fingerprint density at radius 2 is 1.84 bits per heavy atom. The first-order valence-electron chi connectivity index (χ1n) is 11.0. The standard InChI is InChI=1S/C22H29N5O5/c1-12-10-13(2)18(14(3)11-12)31-21(28)16-17(23-5)20(27-19(16)24-15(4)25-27)32-22(29)26-6-8-30-9-7-26/h12-14,18H,6-11H2,1-4H3,(H,24,25). The summed E-state index contributed by atoms with van der Waals surface area (Å²) in [5.41, 5.74) is 0.153. The number of rotatable bonds is 3. The van der Waals surface area contributed by atoms with E-state index in [9.17, 15) is 9.59 Å². The summed E-state index contributed by atoms with van der Waals surface area (Å²) in [5.74, 6) is 0.848. The maximum Gasteiger partial charge on any atom is 0.415 e. The van der Waals surface area contributed by atoms with E-state index >= 15 is 0 Å². The number of nitrogens with zero attached hydrogens (tertiary/aromatic N) is 4. The van der Waals surface area contributed by atoms with Gasteiger partial charge in [0.2, 0.25) is 5.88 Å². The quantitative estimate of drug-likeness (QED) is 0.575. The third kappa shape index (κ3) is 4.05. The van der Waals surface area contributed by atoms with Crippen LogP contribution in [-0.2, 0) is 9.47 Å². The highest BCUT2D eigenvalue weighted by Gasteiger charge is 2.37. The van der Waals surface area contributed by atoms with Crippen LogP contribution in [-0.4, -0.2) is 64.0 Å². The van der Waals surface area contributed by atoms with E-state index in [1.165, 1.54) is 9.42 Å². The third-order valence-corrected chi connectivity index (χ3v) is 6.31. The van der Waals surface area contributed by atoms with Gasteiger partial charge in [0.1, 0.15) is 17.5 Å². The lowest BCUT2D eigenvalue weighted by Crippen LogP contribution is -2.42. The van der Waals surface area contributed by atoms with Gasteiger partial charge in [0.05, 0.1) is 19.8 Å². The molecule has 2 atom stereocenters. The summed E-state index contributed by atoms with van der Waals surface area (Å²) in [7, 11) is 0. The smallest absolute Gasteiger partial charge is 0.415 e. The number of ether oxygens (including phenoxy) is 3. The van der Waals surface area contributed by atoms with E-state index in [0.29, 0.717) is 38.0 Å². The number of fused-ring (bicyclic) bond motifs is 1. The first-order valence-corrected chi connectivity index (χ1v) is 11.0. The van der Waals surface area contributed by atoms with Crippen LogP contribution in [0, 0.1) is 31.2 Å². The van der Waals surface area contributed by atoms with E-state index in [1.54, 1.807) is 6.92 Å². The number of hydrogen-bond donors (Lipinski definition) is 1. The van der Waals surface area contributed by atoms with E-state index in [-0.39, 0.29) is 40.7 Å². The van der Waals surface area contributed by atoms with Crippen LogP contribution in [0.2, 0.25) is 0 Å². The number of H-pyrrole nitrogens is 1. The van der Waals surface area contributed by atoms with Gasteiger partial charge in [-0.1, -0.05) is 20.8 Å². The van der Waals surface area contributed by atoms with Crippen LogP contribution >= 0.6 is 0 Å². The van der Waals surface area contributed by atoms with Gasteiger partial charge in [0, 0.05) is 13.1 Å². The molecule has 1 saturated carbocycles. The lowest BCUT2D eigenvalue weighted by molar-refractivity contribution is -0.0249. The molecule has 1 saturated heterocycles. The summed E-state index contributed by atoms with van der Waals surface area (Å²) >= 11 is 0. The van der Waals surface area contributed by atoms with Crippen molar-refractivity contribution < 1.29 is 23.8 Å². The summed E-state index contributed by atoms with van der Waals surface area (Å²) in [4.78, 5) is 35.4. The lowest BCUT2D eigenvalue weighted by Gasteiger charge is -2.37. The van der Waals surface area contributed by atoms with Crippen molar-refractivity contribution in [2.45, 2.75) is 46.6 Å². The molecule has 1 N–H and O–H groups in total. The molecular weight excluding hydrogens is 414 g/mol. The highest BCUT2D eigenvalue weighted by atomic mass is 16.6. The van der Waals surface area contributed by atoms with Gasteiger partial charge >= 0.3 is 12.1 Å². The topological polar surface area (TPSA) is 103 Å². The number of carbonyl (C=O) groups excluding carboxylic acids is 2. The van der Waals surface area contributed by atoms with Crippen molar-refractivity contribution in [1.82, 2.24) is 19.5 Å². The molecule has 10 nitrogen and oxygen atoms in total. The van der Waals surface area contributed by atoms with Gasteiger partial charge in [0.25, 0.3) is 5.69 Å². The molecule has 1 amide bonds. The SMILES string of the molecule is [C-]#[N+]c1c(C(=O)OC2C(C)CC(C)CC2C)c2nc(C)[nH]n2c1OC(=O)N1CCOCC1. The number of carbonyl (C=O) groups is 2. The van der Waals surface area contributed by atoms with Crippen molar-refractivity contribution in [1.29, 1.82) is 0 Å². The molecule has 4 rings (SSSR count).